The van der Waals surface area contributed by atoms with E-state index in [9.17, 15) is 30.0 Å². The van der Waals surface area contributed by atoms with Crippen molar-refractivity contribution in [3.63, 3.8) is 0 Å². The number of nitrogens with zero attached hydrogens (tertiary/aromatic N) is 1. The molecule has 35 heavy (non-hydrogen) atoms. The third kappa shape index (κ3) is 9.00. The SMILES string of the molecule is CC(=O)NC1C(OCCCCCC(=O)N2C[C@H](O/C=C\C(C)C)C[C@H]2CO)OC(CO)C(O)C1O. The number of aliphatic hydroxyl groups is 4. The molecule has 2 fully saturated rings. The quantitative estimate of drug-likeness (QED) is 0.168. The van der Waals surface area contributed by atoms with E-state index in [0.29, 0.717) is 44.6 Å². The molecule has 2 aliphatic rings. The first-order chi connectivity index (χ1) is 16.7. The van der Waals surface area contributed by atoms with Gasteiger partial charge in [-0.2, -0.15) is 0 Å². The van der Waals surface area contributed by atoms with Crippen LogP contribution in [0.2, 0.25) is 0 Å². The van der Waals surface area contributed by atoms with Crippen molar-refractivity contribution in [2.45, 2.75) is 95.7 Å². The van der Waals surface area contributed by atoms with E-state index in [1.165, 1.54) is 6.92 Å². The Hall–Kier alpha value is -1.76. The highest BCUT2D eigenvalue weighted by Gasteiger charge is 2.45. The molecule has 11 nitrogen and oxygen atoms in total. The van der Waals surface area contributed by atoms with Gasteiger partial charge in [-0.3, -0.25) is 9.59 Å². The molecule has 0 saturated carbocycles. The van der Waals surface area contributed by atoms with Crippen LogP contribution in [0.3, 0.4) is 0 Å². The number of carbonyl (C=O) groups is 2. The van der Waals surface area contributed by atoms with Gasteiger partial charge in [0.15, 0.2) is 6.29 Å². The Labute approximate surface area is 207 Å². The maximum absolute atomic E-state index is 12.7. The summed E-state index contributed by atoms with van der Waals surface area (Å²) in [7, 11) is 0. The van der Waals surface area contributed by atoms with Crippen molar-refractivity contribution in [2.75, 3.05) is 26.4 Å². The van der Waals surface area contributed by atoms with E-state index >= 15 is 0 Å². The minimum absolute atomic E-state index is 0.0202. The van der Waals surface area contributed by atoms with Crippen LogP contribution in [-0.2, 0) is 23.8 Å². The Morgan fingerprint density at radius 2 is 1.89 bits per heavy atom. The molecule has 0 aromatic heterocycles. The molecular formula is C24H42N2O9. The lowest BCUT2D eigenvalue weighted by Crippen LogP contribution is -2.64. The lowest BCUT2D eigenvalue weighted by Gasteiger charge is -2.42. The zero-order chi connectivity index (χ0) is 26.0. The second-order valence-corrected chi connectivity index (χ2v) is 9.56. The molecule has 5 unspecified atom stereocenters. The lowest BCUT2D eigenvalue weighted by atomic mass is 9.97. The Balaban J connectivity index is 1.73. The fraction of sp³-hybridized carbons (Fsp3) is 0.833. The molecule has 0 aliphatic carbocycles. The molecule has 0 aromatic carbocycles. The fourth-order valence-corrected chi connectivity index (χ4v) is 4.28. The summed E-state index contributed by atoms with van der Waals surface area (Å²) < 4.78 is 16.9. The van der Waals surface area contributed by atoms with Crippen LogP contribution in [0.5, 0.6) is 0 Å². The van der Waals surface area contributed by atoms with Gasteiger partial charge < -0.3 is 44.9 Å². The molecule has 0 aromatic rings. The summed E-state index contributed by atoms with van der Waals surface area (Å²) in [4.78, 5) is 25.8. The van der Waals surface area contributed by atoms with Gasteiger partial charge in [0.25, 0.3) is 0 Å². The molecule has 5 N–H and O–H groups in total. The van der Waals surface area contributed by atoms with Crippen molar-refractivity contribution in [1.82, 2.24) is 10.2 Å². The molecule has 2 amide bonds. The maximum Gasteiger partial charge on any atom is 0.223 e. The van der Waals surface area contributed by atoms with E-state index in [4.69, 9.17) is 14.2 Å². The minimum Gasteiger partial charge on any atom is -0.496 e. The van der Waals surface area contributed by atoms with Gasteiger partial charge in [-0.05, 0) is 24.8 Å². The number of carbonyl (C=O) groups excluding carboxylic acids is 2. The van der Waals surface area contributed by atoms with Gasteiger partial charge in [-0.25, -0.2) is 0 Å². The summed E-state index contributed by atoms with van der Waals surface area (Å²) in [6.07, 6.45) is 1.65. The molecule has 0 bridgehead atoms. The van der Waals surface area contributed by atoms with Crippen molar-refractivity contribution in [3.05, 3.63) is 12.3 Å². The van der Waals surface area contributed by atoms with Crippen LogP contribution in [0, 0.1) is 5.92 Å². The molecule has 202 valence electrons. The van der Waals surface area contributed by atoms with Crippen molar-refractivity contribution in [1.29, 1.82) is 0 Å². The predicted octanol–water partition coefficient (Wildman–Crippen LogP) is -0.345. The van der Waals surface area contributed by atoms with Gasteiger partial charge >= 0.3 is 0 Å². The van der Waals surface area contributed by atoms with E-state index in [-0.39, 0.29) is 31.3 Å². The number of aliphatic hydroxyl groups excluding tert-OH is 4. The van der Waals surface area contributed by atoms with Crippen molar-refractivity contribution in [2.24, 2.45) is 5.92 Å². The first kappa shape index (κ1) is 29.5. The zero-order valence-electron chi connectivity index (χ0n) is 20.9. The van der Waals surface area contributed by atoms with Crippen LogP contribution in [0.25, 0.3) is 0 Å². The highest BCUT2D eigenvalue weighted by Crippen LogP contribution is 2.24. The van der Waals surface area contributed by atoms with E-state index < -0.39 is 43.2 Å². The number of hydrogen-bond acceptors (Lipinski definition) is 9. The van der Waals surface area contributed by atoms with Crippen molar-refractivity contribution < 1.29 is 44.2 Å². The van der Waals surface area contributed by atoms with E-state index in [2.05, 4.69) is 19.2 Å². The molecule has 2 heterocycles. The number of rotatable bonds is 13. The number of allylic oxidation sites excluding steroid dienone is 1. The van der Waals surface area contributed by atoms with Crippen LogP contribution in [0.4, 0.5) is 0 Å². The zero-order valence-corrected chi connectivity index (χ0v) is 20.9. The van der Waals surface area contributed by atoms with Gasteiger partial charge in [0.05, 0.1) is 32.1 Å². The molecule has 0 radical (unpaired) electrons. The Bertz CT molecular complexity index is 690. The summed E-state index contributed by atoms with van der Waals surface area (Å²) in [6.45, 7) is 5.49. The summed E-state index contributed by atoms with van der Waals surface area (Å²) in [6, 6.07) is -1.21. The number of likely N-dealkylation sites (tertiary alicyclic amines) is 1. The summed E-state index contributed by atoms with van der Waals surface area (Å²) in [5, 5.41) is 41.9. The number of ether oxygens (including phenoxy) is 3. The average molecular weight is 503 g/mol. The van der Waals surface area contributed by atoms with Crippen LogP contribution in [0.1, 0.15) is 52.9 Å². The summed E-state index contributed by atoms with van der Waals surface area (Å²) in [5.74, 6) is -0.0558. The van der Waals surface area contributed by atoms with Crippen LogP contribution < -0.4 is 5.32 Å². The van der Waals surface area contributed by atoms with E-state index in [0.717, 1.165) is 0 Å². The normalized spacial score (nSPS) is 31.3. The molecule has 2 saturated heterocycles. The monoisotopic (exact) mass is 502 g/mol. The topological polar surface area (TPSA) is 158 Å². The second-order valence-electron chi connectivity index (χ2n) is 9.56. The van der Waals surface area contributed by atoms with E-state index in [1.807, 2.05) is 6.08 Å². The fourth-order valence-electron chi connectivity index (χ4n) is 4.28. The molecule has 0 spiro atoms. The summed E-state index contributed by atoms with van der Waals surface area (Å²) >= 11 is 0. The number of unbranched alkanes of at least 4 members (excludes halogenated alkanes) is 2. The Morgan fingerprint density at radius 3 is 2.51 bits per heavy atom. The number of amides is 2. The van der Waals surface area contributed by atoms with Gasteiger partial charge in [0.1, 0.15) is 30.5 Å². The smallest absolute Gasteiger partial charge is 0.223 e. The molecule has 2 aliphatic heterocycles. The van der Waals surface area contributed by atoms with E-state index in [1.54, 1.807) is 11.2 Å². The van der Waals surface area contributed by atoms with Crippen LogP contribution in [-0.4, -0.2) is 106 Å². The largest absolute Gasteiger partial charge is 0.496 e. The Morgan fingerprint density at radius 1 is 1.14 bits per heavy atom. The Kier molecular flexibility index (Phi) is 12.4. The van der Waals surface area contributed by atoms with Gasteiger partial charge in [0, 0.05) is 26.4 Å². The van der Waals surface area contributed by atoms with Crippen molar-refractivity contribution in [3.8, 4) is 0 Å². The molecule has 11 heteroatoms. The van der Waals surface area contributed by atoms with Crippen LogP contribution >= 0.6 is 0 Å². The molecule has 7 atom stereocenters. The highest BCUT2D eigenvalue weighted by molar-refractivity contribution is 5.77. The third-order valence-corrected chi connectivity index (χ3v) is 6.21. The van der Waals surface area contributed by atoms with Gasteiger partial charge in [0.2, 0.25) is 11.8 Å². The van der Waals surface area contributed by atoms with Gasteiger partial charge in [-0.1, -0.05) is 20.3 Å². The summed E-state index contributed by atoms with van der Waals surface area (Å²) in [5.41, 5.74) is 0. The maximum atomic E-state index is 12.7. The third-order valence-electron chi connectivity index (χ3n) is 6.21. The number of hydrogen-bond donors (Lipinski definition) is 5. The first-order valence-corrected chi connectivity index (χ1v) is 12.4. The standard InChI is InChI=1S/C24H42N2O9/c1-15(2)8-10-33-18-11-17(13-27)26(12-18)20(30)7-5-4-6-9-34-24-21(25-16(3)29)23(32)22(31)19(14-28)35-24/h8,10,15,17-19,21-24,27-28,31-32H,4-7,9,11-14H2,1-3H3,(H,25,29)/b10-8-/t17-,18+,19?,21?,22?,23?,24?/m0/s1. The predicted molar refractivity (Wildman–Crippen MR) is 126 cm³/mol. The van der Waals surface area contributed by atoms with Crippen molar-refractivity contribution >= 4 is 11.8 Å². The highest BCUT2D eigenvalue weighted by atomic mass is 16.7. The molecule has 2 rings (SSSR count). The average Bonchev–Trinajstić information content (AvgIpc) is 3.23. The minimum atomic E-state index is -1.35. The number of nitrogens with one attached hydrogen (secondary N) is 1. The first-order valence-electron chi connectivity index (χ1n) is 12.4. The molecular weight excluding hydrogens is 460 g/mol. The second kappa shape index (κ2) is 14.7. The van der Waals surface area contributed by atoms with Gasteiger partial charge in [-0.15, -0.1) is 0 Å². The van der Waals surface area contributed by atoms with Crippen LogP contribution in [0.15, 0.2) is 12.3 Å². The lowest BCUT2D eigenvalue weighted by molar-refractivity contribution is -0.270.